The van der Waals surface area contributed by atoms with Gasteiger partial charge in [0.1, 0.15) is 0 Å². The van der Waals surface area contributed by atoms with Crippen LogP contribution in [0, 0.1) is 0 Å². The second-order valence-corrected chi connectivity index (χ2v) is 5.68. The summed E-state index contributed by atoms with van der Waals surface area (Å²) < 4.78 is 1.13. The molecule has 92 valence electrons. The Morgan fingerprint density at radius 1 is 1.11 bits per heavy atom. The number of benzene rings is 2. The SMILES string of the molecule is CNC1CCc2c(-c3ccc(Br)cc3)cccc21. The number of fused-ring (bicyclic) bond motifs is 1. The van der Waals surface area contributed by atoms with E-state index in [9.17, 15) is 0 Å². The van der Waals surface area contributed by atoms with Gasteiger partial charge in [-0.15, -0.1) is 0 Å². The molecule has 0 heterocycles. The average molecular weight is 302 g/mol. The van der Waals surface area contributed by atoms with Crippen LogP contribution >= 0.6 is 15.9 Å². The van der Waals surface area contributed by atoms with Gasteiger partial charge >= 0.3 is 0 Å². The maximum Gasteiger partial charge on any atom is 0.0323 e. The van der Waals surface area contributed by atoms with Crippen LogP contribution in [-0.2, 0) is 6.42 Å². The zero-order valence-corrected chi connectivity index (χ0v) is 12.0. The van der Waals surface area contributed by atoms with Crippen LogP contribution < -0.4 is 5.32 Å². The van der Waals surface area contributed by atoms with Crippen molar-refractivity contribution in [2.75, 3.05) is 7.05 Å². The lowest BCUT2D eigenvalue weighted by atomic mass is 9.96. The minimum Gasteiger partial charge on any atom is -0.313 e. The van der Waals surface area contributed by atoms with Crippen LogP contribution in [0.25, 0.3) is 11.1 Å². The van der Waals surface area contributed by atoms with Crippen LogP contribution in [0.2, 0.25) is 0 Å². The first-order chi connectivity index (χ1) is 8.79. The zero-order chi connectivity index (χ0) is 12.5. The van der Waals surface area contributed by atoms with E-state index >= 15 is 0 Å². The standard InChI is InChI=1S/C16H16BrN/c1-18-16-10-9-14-13(3-2-4-15(14)16)11-5-7-12(17)8-6-11/h2-8,16,18H,9-10H2,1H3. The van der Waals surface area contributed by atoms with Crippen molar-refractivity contribution in [1.82, 2.24) is 5.32 Å². The molecule has 0 fully saturated rings. The summed E-state index contributed by atoms with van der Waals surface area (Å²) in [6.45, 7) is 0. The first-order valence-electron chi connectivity index (χ1n) is 6.34. The lowest BCUT2D eigenvalue weighted by Gasteiger charge is -2.12. The van der Waals surface area contributed by atoms with E-state index in [1.807, 2.05) is 7.05 Å². The summed E-state index contributed by atoms with van der Waals surface area (Å²) >= 11 is 3.49. The maximum atomic E-state index is 3.49. The van der Waals surface area contributed by atoms with Gasteiger partial charge in [-0.05, 0) is 54.3 Å². The van der Waals surface area contributed by atoms with Gasteiger partial charge in [0, 0.05) is 10.5 Å². The molecule has 18 heavy (non-hydrogen) atoms. The monoisotopic (exact) mass is 301 g/mol. The van der Waals surface area contributed by atoms with Crippen molar-refractivity contribution in [3.8, 4) is 11.1 Å². The lowest BCUT2D eigenvalue weighted by molar-refractivity contribution is 0.590. The van der Waals surface area contributed by atoms with Crippen molar-refractivity contribution in [2.24, 2.45) is 0 Å². The summed E-state index contributed by atoms with van der Waals surface area (Å²) in [4.78, 5) is 0. The van der Waals surface area contributed by atoms with E-state index < -0.39 is 0 Å². The van der Waals surface area contributed by atoms with Crippen molar-refractivity contribution >= 4 is 15.9 Å². The predicted octanol–water partition coefficient (Wildman–Crippen LogP) is 4.32. The molecule has 0 aliphatic heterocycles. The molecule has 0 spiro atoms. The number of hydrogen-bond donors (Lipinski definition) is 1. The van der Waals surface area contributed by atoms with Gasteiger partial charge in [-0.2, -0.15) is 0 Å². The third-order valence-electron chi connectivity index (χ3n) is 3.77. The molecular formula is C16H16BrN. The maximum absolute atomic E-state index is 3.49. The highest BCUT2D eigenvalue weighted by Crippen LogP contribution is 2.37. The summed E-state index contributed by atoms with van der Waals surface area (Å²) in [7, 11) is 2.05. The Morgan fingerprint density at radius 2 is 1.89 bits per heavy atom. The first kappa shape index (κ1) is 11.9. The molecule has 0 saturated carbocycles. The summed E-state index contributed by atoms with van der Waals surface area (Å²) in [6.07, 6.45) is 2.38. The van der Waals surface area contributed by atoms with Crippen molar-refractivity contribution < 1.29 is 0 Å². The second-order valence-electron chi connectivity index (χ2n) is 4.76. The fourth-order valence-electron chi connectivity index (χ4n) is 2.85. The van der Waals surface area contributed by atoms with Crippen molar-refractivity contribution in [1.29, 1.82) is 0 Å². The van der Waals surface area contributed by atoms with Crippen molar-refractivity contribution in [3.63, 3.8) is 0 Å². The molecule has 2 heteroatoms. The van der Waals surface area contributed by atoms with E-state index in [4.69, 9.17) is 0 Å². The molecule has 1 aliphatic rings. The largest absolute Gasteiger partial charge is 0.313 e. The molecule has 1 atom stereocenters. The minimum atomic E-state index is 0.524. The topological polar surface area (TPSA) is 12.0 Å². The van der Waals surface area contributed by atoms with Crippen LogP contribution in [0.5, 0.6) is 0 Å². The van der Waals surface area contributed by atoms with Crippen LogP contribution in [0.3, 0.4) is 0 Å². The summed E-state index contributed by atoms with van der Waals surface area (Å²) in [5.41, 5.74) is 5.68. The van der Waals surface area contributed by atoms with Gasteiger partial charge in [-0.25, -0.2) is 0 Å². The highest BCUT2D eigenvalue weighted by molar-refractivity contribution is 9.10. The summed E-state index contributed by atoms with van der Waals surface area (Å²) in [5, 5.41) is 3.40. The predicted molar refractivity (Wildman–Crippen MR) is 79.7 cm³/mol. The third kappa shape index (κ3) is 2.00. The summed E-state index contributed by atoms with van der Waals surface area (Å²) in [5.74, 6) is 0. The van der Waals surface area contributed by atoms with Gasteiger partial charge in [-0.3, -0.25) is 0 Å². The van der Waals surface area contributed by atoms with Gasteiger partial charge in [0.15, 0.2) is 0 Å². The molecule has 0 bridgehead atoms. The second kappa shape index (κ2) is 4.87. The Balaban J connectivity index is 2.09. The molecule has 1 aliphatic carbocycles. The first-order valence-corrected chi connectivity index (χ1v) is 7.14. The van der Waals surface area contributed by atoms with E-state index in [0.29, 0.717) is 6.04 Å². The van der Waals surface area contributed by atoms with Gasteiger partial charge < -0.3 is 5.32 Å². The smallest absolute Gasteiger partial charge is 0.0323 e. The summed E-state index contributed by atoms with van der Waals surface area (Å²) in [6, 6.07) is 15.8. The minimum absolute atomic E-state index is 0.524. The Hall–Kier alpha value is -1.12. The molecule has 0 aromatic heterocycles. The molecule has 3 rings (SSSR count). The van der Waals surface area contributed by atoms with Crippen LogP contribution in [0.4, 0.5) is 0 Å². The number of nitrogens with one attached hydrogen (secondary N) is 1. The molecule has 0 radical (unpaired) electrons. The lowest BCUT2D eigenvalue weighted by Crippen LogP contribution is -2.12. The van der Waals surface area contributed by atoms with Gasteiger partial charge in [0.05, 0.1) is 0 Å². The Labute approximate surface area is 116 Å². The van der Waals surface area contributed by atoms with Gasteiger partial charge in [-0.1, -0.05) is 46.3 Å². The van der Waals surface area contributed by atoms with Crippen LogP contribution in [-0.4, -0.2) is 7.05 Å². The molecule has 1 unspecified atom stereocenters. The fraction of sp³-hybridized carbons (Fsp3) is 0.250. The fourth-order valence-corrected chi connectivity index (χ4v) is 3.12. The van der Waals surface area contributed by atoms with Gasteiger partial charge in [0.25, 0.3) is 0 Å². The number of halogens is 1. The zero-order valence-electron chi connectivity index (χ0n) is 10.4. The van der Waals surface area contributed by atoms with E-state index in [0.717, 1.165) is 4.47 Å². The average Bonchev–Trinajstić information content (AvgIpc) is 2.82. The Morgan fingerprint density at radius 3 is 2.61 bits per heavy atom. The quantitative estimate of drug-likeness (QED) is 0.871. The third-order valence-corrected chi connectivity index (χ3v) is 4.30. The molecular weight excluding hydrogens is 286 g/mol. The highest BCUT2D eigenvalue weighted by atomic mass is 79.9. The van der Waals surface area contributed by atoms with Crippen LogP contribution in [0.1, 0.15) is 23.6 Å². The van der Waals surface area contributed by atoms with Crippen LogP contribution in [0.15, 0.2) is 46.9 Å². The molecule has 2 aromatic carbocycles. The van der Waals surface area contributed by atoms with E-state index in [2.05, 4.69) is 63.7 Å². The molecule has 1 N–H and O–H groups in total. The number of hydrogen-bond acceptors (Lipinski definition) is 1. The van der Waals surface area contributed by atoms with Crippen molar-refractivity contribution in [2.45, 2.75) is 18.9 Å². The number of rotatable bonds is 2. The molecule has 0 saturated heterocycles. The Kier molecular flexibility index (Phi) is 3.23. The molecule has 0 amide bonds. The highest BCUT2D eigenvalue weighted by Gasteiger charge is 2.23. The van der Waals surface area contributed by atoms with E-state index in [1.165, 1.54) is 35.1 Å². The van der Waals surface area contributed by atoms with E-state index in [1.54, 1.807) is 0 Å². The Bertz CT molecular complexity index is 560. The molecule has 1 nitrogen and oxygen atoms in total. The van der Waals surface area contributed by atoms with Crippen molar-refractivity contribution in [3.05, 3.63) is 58.1 Å². The van der Waals surface area contributed by atoms with E-state index in [-0.39, 0.29) is 0 Å². The normalized spacial score (nSPS) is 17.8. The molecule has 2 aromatic rings. The van der Waals surface area contributed by atoms with Gasteiger partial charge in [0.2, 0.25) is 0 Å².